The Hall–Kier alpha value is -3.63. The van der Waals surface area contributed by atoms with Gasteiger partial charge in [0.05, 0.1) is 11.4 Å². The van der Waals surface area contributed by atoms with Gasteiger partial charge in [-0.05, 0) is 28.3 Å². The summed E-state index contributed by atoms with van der Waals surface area (Å²) in [6.07, 6.45) is 5.93. The molecule has 3 heterocycles. The van der Waals surface area contributed by atoms with E-state index >= 15 is 0 Å². The van der Waals surface area contributed by atoms with Gasteiger partial charge in [-0.1, -0.05) is 0 Å². The molecule has 11 heteroatoms. The van der Waals surface area contributed by atoms with Gasteiger partial charge in [-0.15, -0.1) is 0 Å². The number of amides is 1. The number of aryl methyl sites for hydroxylation is 2. The smallest absolute Gasteiger partial charge is 0.364 e. The van der Waals surface area contributed by atoms with Gasteiger partial charge < -0.3 is 10.6 Å². The Bertz CT molecular complexity index is 1050. The average molecular weight is 355 g/mol. The number of hydrogen-bond donors (Lipinski definition) is 1. The second-order valence-electron chi connectivity index (χ2n) is 5.79. The maximum absolute atomic E-state index is 11.6. The molecule has 0 saturated carbocycles. The molecule has 1 aliphatic rings. The van der Waals surface area contributed by atoms with Gasteiger partial charge in [-0.2, -0.15) is 5.10 Å². The van der Waals surface area contributed by atoms with Crippen molar-refractivity contribution >= 4 is 11.7 Å². The molecule has 0 spiro atoms. The monoisotopic (exact) mass is 355 g/mol. The van der Waals surface area contributed by atoms with Crippen LogP contribution < -0.4 is 5.73 Å². The molecule has 1 aliphatic carbocycles. The highest BCUT2D eigenvalue weighted by atomic mass is 16.8. The Morgan fingerprint density at radius 2 is 2.15 bits per heavy atom. The number of aromatic nitrogens is 6. The second kappa shape index (κ2) is 5.72. The third kappa shape index (κ3) is 2.32. The quantitative estimate of drug-likeness (QED) is 0.662. The van der Waals surface area contributed by atoms with Crippen LogP contribution in [0.15, 0.2) is 18.7 Å². The maximum atomic E-state index is 11.6. The topological polar surface area (TPSA) is 134 Å². The fourth-order valence-corrected chi connectivity index (χ4v) is 3.08. The summed E-state index contributed by atoms with van der Waals surface area (Å²) >= 11 is 0. The van der Waals surface area contributed by atoms with E-state index in [1.807, 2.05) is 0 Å². The fourth-order valence-electron chi connectivity index (χ4n) is 3.08. The first-order chi connectivity index (χ1) is 12.5. The minimum atomic E-state index is -0.561. The molecule has 4 rings (SSSR count). The van der Waals surface area contributed by atoms with E-state index in [9.17, 15) is 9.70 Å². The van der Waals surface area contributed by atoms with E-state index in [-0.39, 0.29) is 16.4 Å². The summed E-state index contributed by atoms with van der Waals surface area (Å²) in [6, 6.07) is 0. The van der Waals surface area contributed by atoms with Crippen molar-refractivity contribution in [2.75, 3.05) is 7.11 Å². The zero-order valence-electron chi connectivity index (χ0n) is 14.1. The molecule has 1 amide bonds. The predicted octanol–water partition coefficient (Wildman–Crippen LogP) is 0.232. The lowest BCUT2D eigenvalue weighted by molar-refractivity contribution is -0.739. The van der Waals surface area contributed by atoms with E-state index < -0.39 is 5.91 Å². The zero-order valence-corrected chi connectivity index (χ0v) is 14.1. The summed E-state index contributed by atoms with van der Waals surface area (Å²) in [4.78, 5) is 40.9. The first-order valence-corrected chi connectivity index (χ1v) is 7.77. The average Bonchev–Trinajstić information content (AvgIpc) is 3.26. The number of carbonyl (C=O) groups is 1. The van der Waals surface area contributed by atoms with Crippen molar-refractivity contribution in [1.82, 2.24) is 29.3 Å². The maximum Gasteiger partial charge on any atom is 0.427 e. The molecule has 11 nitrogen and oxygen atoms in total. The third-order valence-electron chi connectivity index (χ3n) is 4.25. The largest absolute Gasteiger partial charge is 0.427 e. The van der Waals surface area contributed by atoms with Gasteiger partial charge in [-0.3, -0.25) is 9.48 Å². The van der Waals surface area contributed by atoms with Crippen LogP contribution in [0.5, 0.6) is 0 Å². The van der Waals surface area contributed by atoms with E-state index in [0.717, 1.165) is 16.8 Å². The van der Waals surface area contributed by atoms with Crippen LogP contribution >= 0.6 is 0 Å². The lowest BCUT2D eigenvalue weighted by Crippen LogP contribution is -2.16. The van der Waals surface area contributed by atoms with Gasteiger partial charge in [0.1, 0.15) is 13.3 Å². The molecule has 2 N–H and O–H groups in total. The lowest BCUT2D eigenvalue weighted by atomic mass is 9.93. The second-order valence-corrected chi connectivity index (χ2v) is 5.79. The highest BCUT2D eigenvalue weighted by Gasteiger charge is 2.28. The van der Waals surface area contributed by atoms with E-state index in [0.29, 0.717) is 24.5 Å². The highest BCUT2D eigenvalue weighted by molar-refractivity contribution is 5.94. The van der Waals surface area contributed by atoms with E-state index in [1.54, 1.807) is 17.9 Å². The number of nitrogens with two attached hydrogens (primary N) is 1. The molecule has 0 aliphatic heterocycles. The van der Waals surface area contributed by atoms with Gasteiger partial charge >= 0.3 is 5.82 Å². The highest BCUT2D eigenvalue weighted by Crippen LogP contribution is 2.33. The van der Waals surface area contributed by atoms with E-state index in [1.165, 1.54) is 24.2 Å². The van der Waals surface area contributed by atoms with Crippen molar-refractivity contribution in [2.45, 2.75) is 12.8 Å². The number of imidazole rings is 1. The Balaban J connectivity index is 1.82. The normalized spacial score (nSPS) is 12.4. The summed E-state index contributed by atoms with van der Waals surface area (Å²) < 4.78 is 3.12. The van der Waals surface area contributed by atoms with Gasteiger partial charge in [0.25, 0.3) is 5.91 Å². The van der Waals surface area contributed by atoms with Crippen LogP contribution in [0.3, 0.4) is 0 Å². The summed E-state index contributed by atoms with van der Waals surface area (Å²) in [6.45, 7) is 0. The van der Waals surface area contributed by atoms with Crippen molar-refractivity contribution in [3.05, 3.63) is 40.4 Å². The number of carbonyl (C=O) groups excluding carboxylic acids is 1. The number of hydrogen-bond acceptors (Lipinski definition) is 7. The van der Waals surface area contributed by atoms with Crippen LogP contribution in [0.25, 0.3) is 17.3 Å². The van der Waals surface area contributed by atoms with Crippen molar-refractivity contribution < 1.29 is 14.6 Å². The Labute approximate surface area is 147 Å². The minimum absolute atomic E-state index is 0.0751. The molecule has 0 radical (unpaired) electrons. The SMILES string of the molecule is CO[N+](=O)c1cn(-c2ncc3c(n2)-c2c(c(C(N)=O)nn2C)CC3)cn1. The van der Waals surface area contributed by atoms with Gasteiger partial charge in [0, 0.05) is 18.8 Å². The number of primary amides is 1. The molecule has 0 bridgehead atoms. The zero-order chi connectivity index (χ0) is 18.4. The minimum Gasteiger partial charge on any atom is -0.364 e. The lowest BCUT2D eigenvalue weighted by Gasteiger charge is -2.16. The fraction of sp³-hybridized carbons (Fsp3) is 0.267. The molecular formula is C15H15N8O3+. The predicted molar refractivity (Wildman–Crippen MR) is 87.6 cm³/mol. The molecule has 0 unspecified atom stereocenters. The van der Waals surface area contributed by atoms with E-state index in [2.05, 4.69) is 24.9 Å². The first kappa shape index (κ1) is 15.9. The van der Waals surface area contributed by atoms with Crippen LogP contribution in [0.2, 0.25) is 0 Å². The summed E-state index contributed by atoms with van der Waals surface area (Å²) in [5, 5.41) is 4.23. The first-order valence-electron chi connectivity index (χ1n) is 7.77. The summed E-state index contributed by atoms with van der Waals surface area (Å²) in [5.41, 5.74) is 8.85. The standard InChI is InChI=1S/C15H14N8O3/c1-21-13-9(12(20-21)14(16)24)4-3-8-5-17-15(19-11(8)13)22-6-10(18-7-22)23(25)26-2/h5-7H,3-4H2,1-2H3,(H-,16,24)/p+1. The molecule has 0 aromatic carbocycles. The molecule has 0 saturated heterocycles. The summed E-state index contributed by atoms with van der Waals surface area (Å²) in [7, 11) is 2.99. The van der Waals surface area contributed by atoms with Crippen molar-refractivity contribution in [3.63, 3.8) is 0 Å². The third-order valence-corrected chi connectivity index (χ3v) is 4.25. The van der Waals surface area contributed by atoms with Gasteiger partial charge in [0.2, 0.25) is 12.3 Å². The molecule has 3 aromatic heterocycles. The molecule has 132 valence electrons. The van der Waals surface area contributed by atoms with Crippen molar-refractivity contribution in [1.29, 1.82) is 0 Å². The van der Waals surface area contributed by atoms with Crippen LogP contribution in [-0.4, -0.2) is 47.2 Å². The van der Waals surface area contributed by atoms with Gasteiger partial charge in [0.15, 0.2) is 10.6 Å². The Morgan fingerprint density at radius 1 is 1.35 bits per heavy atom. The number of nitrogens with zero attached hydrogens (tertiary/aromatic N) is 7. The molecule has 0 fully saturated rings. The Kier molecular flexibility index (Phi) is 3.49. The molecule has 26 heavy (non-hydrogen) atoms. The Morgan fingerprint density at radius 3 is 2.88 bits per heavy atom. The number of fused-ring (bicyclic) bond motifs is 3. The van der Waals surface area contributed by atoms with Gasteiger partial charge in [-0.25, -0.2) is 14.5 Å². The molecule has 3 aromatic rings. The molecule has 0 atom stereocenters. The van der Waals surface area contributed by atoms with Crippen LogP contribution in [-0.2, 0) is 24.7 Å². The van der Waals surface area contributed by atoms with Crippen LogP contribution in [0.4, 0.5) is 5.82 Å². The molecular weight excluding hydrogens is 340 g/mol. The summed E-state index contributed by atoms with van der Waals surface area (Å²) in [5.74, 6) is -0.151. The van der Waals surface area contributed by atoms with Crippen molar-refractivity contribution in [2.24, 2.45) is 12.8 Å². The number of rotatable bonds is 4. The van der Waals surface area contributed by atoms with E-state index in [4.69, 9.17) is 5.73 Å². The van der Waals surface area contributed by atoms with Crippen LogP contribution in [0.1, 0.15) is 21.6 Å². The van der Waals surface area contributed by atoms with Crippen LogP contribution in [0, 0.1) is 4.91 Å². The van der Waals surface area contributed by atoms with Crippen molar-refractivity contribution in [3.8, 4) is 17.3 Å².